The normalized spacial score (nSPS) is 15.2. The first-order valence-electron chi connectivity index (χ1n) is 10.8. The molecule has 0 saturated carbocycles. The van der Waals surface area contributed by atoms with E-state index in [0.717, 1.165) is 34.1 Å². The average Bonchev–Trinajstić information content (AvgIpc) is 2.82. The van der Waals surface area contributed by atoms with Crippen molar-refractivity contribution >= 4 is 38.5 Å². The van der Waals surface area contributed by atoms with Crippen molar-refractivity contribution in [3.05, 3.63) is 71.8 Å². The molecule has 32 heavy (non-hydrogen) atoms. The summed E-state index contributed by atoms with van der Waals surface area (Å²) in [4.78, 5) is 15.9. The average molecular weight is 469 g/mol. The highest BCUT2D eigenvalue weighted by molar-refractivity contribution is 7.98. The maximum atomic E-state index is 13.2. The van der Waals surface area contributed by atoms with Crippen molar-refractivity contribution in [2.24, 2.45) is 5.92 Å². The summed E-state index contributed by atoms with van der Waals surface area (Å²) in [5, 5.41) is 2.18. The molecule has 0 radical (unpaired) electrons. The van der Waals surface area contributed by atoms with Gasteiger partial charge in [0.1, 0.15) is 0 Å². The molecule has 0 atom stereocenters. The minimum Gasteiger partial charge on any atom is -0.339 e. The third-order valence-electron chi connectivity index (χ3n) is 6.06. The van der Waals surface area contributed by atoms with Crippen LogP contribution in [0.15, 0.2) is 70.5 Å². The molecule has 3 aromatic rings. The number of benzene rings is 3. The van der Waals surface area contributed by atoms with Gasteiger partial charge in [-0.1, -0.05) is 43.3 Å². The number of thioether (sulfide) groups is 1. The van der Waals surface area contributed by atoms with E-state index in [1.807, 2.05) is 53.6 Å². The van der Waals surface area contributed by atoms with Crippen LogP contribution in [0.3, 0.4) is 0 Å². The summed E-state index contributed by atoms with van der Waals surface area (Å²) in [6.45, 7) is 3.81. The molecular formula is C25H28N2O3S2. The zero-order valence-electron chi connectivity index (χ0n) is 18.4. The summed E-state index contributed by atoms with van der Waals surface area (Å²) in [5.41, 5.74) is 1.34. The molecule has 0 aliphatic carbocycles. The van der Waals surface area contributed by atoms with Gasteiger partial charge in [0.25, 0.3) is 5.91 Å². The highest BCUT2D eigenvalue weighted by Crippen LogP contribution is 2.27. The number of hydrogen-bond acceptors (Lipinski definition) is 4. The van der Waals surface area contributed by atoms with E-state index in [9.17, 15) is 13.2 Å². The summed E-state index contributed by atoms with van der Waals surface area (Å²) >= 11 is 1.46. The molecule has 0 unspecified atom stereocenters. The van der Waals surface area contributed by atoms with Crippen LogP contribution < -0.4 is 4.72 Å². The Labute approximate surface area is 194 Å². The summed E-state index contributed by atoms with van der Waals surface area (Å²) in [5.74, 6) is 0.526. The molecule has 168 valence electrons. The summed E-state index contributed by atoms with van der Waals surface area (Å²) < 4.78 is 28.7. The van der Waals surface area contributed by atoms with Crippen molar-refractivity contribution in [1.82, 2.24) is 9.62 Å². The Hall–Kier alpha value is -2.35. The highest BCUT2D eigenvalue weighted by atomic mass is 32.2. The zero-order chi connectivity index (χ0) is 22.7. The standard InChI is InChI=1S/C25H28N2O3S2/c1-18-11-13-27(14-12-18)25(28)23-16-22(9-10-24(23)31-2)32(29,30)26-17-19-7-8-20-5-3-4-6-21(20)15-19/h3-10,15-16,18,26H,11-14,17H2,1-2H3. The lowest BCUT2D eigenvalue weighted by molar-refractivity contribution is 0.0693. The van der Waals surface area contributed by atoms with Crippen molar-refractivity contribution in [2.75, 3.05) is 19.3 Å². The number of fused-ring (bicyclic) bond motifs is 1. The molecule has 1 aliphatic rings. The van der Waals surface area contributed by atoms with Gasteiger partial charge in [0.15, 0.2) is 0 Å². The molecule has 1 heterocycles. The van der Waals surface area contributed by atoms with Crippen LogP contribution in [0.2, 0.25) is 0 Å². The van der Waals surface area contributed by atoms with Crippen LogP contribution >= 0.6 is 11.8 Å². The van der Waals surface area contributed by atoms with E-state index in [-0.39, 0.29) is 17.3 Å². The molecule has 7 heteroatoms. The zero-order valence-corrected chi connectivity index (χ0v) is 20.0. The van der Waals surface area contributed by atoms with Gasteiger partial charge < -0.3 is 4.90 Å². The van der Waals surface area contributed by atoms with Crippen molar-refractivity contribution < 1.29 is 13.2 Å². The van der Waals surface area contributed by atoms with Gasteiger partial charge in [-0.25, -0.2) is 13.1 Å². The molecule has 5 nitrogen and oxygen atoms in total. The predicted octanol–water partition coefficient (Wildman–Crippen LogP) is 4.91. The van der Waals surface area contributed by atoms with Crippen LogP contribution in [0.5, 0.6) is 0 Å². The molecule has 1 amide bonds. The van der Waals surface area contributed by atoms with Gasteiger partial charge in [-0.2, -0.15) is 0 Å². The van der Waals surface area contributed by atoms with Crippen LogP contribution in [0.25, 0.3) is 10.8 Å². The predicted molar refractivity (Wildman–Crippen MR) is 130 cm³/mol. The summed E-state index contributed by atoms with van der Waals surface area (Å²) in [6.07, 6.45) is 3.85. The number of piperidine rings is 1. The van der Waals surface area contributed by atoms with Crippen molar-refractivity contribution in [1.29, 1.82) is 0 Å². The van der Waals surface area contributed by atoms with Crippen LogP contribution in [-0.4, -0.2) is 38.6 Å². The number of hydrogen-bond donors (Lipinski definition) is 1. The first-order valence-corrected chi connectivity index (χ1v) is 13.5. The fourth-order valence-electron chi connectivity index (χ4n) is 4.01. The lowest BCUT2D eigenvalue weighted by atomic mass is 9.98. The Morgan fingerprint density at radius 2 is 1.75 bits per heavy atom. The van der Waals surface area contributed by atoms with Crippen LogP contribution in [0.4, 0.5) is 0 Å². The third kappa shape index (κ3) is 5.00. The molecule has 0 aromatic heterocycles. The van der Waals surface area contributed by atoms with Crippen LogP contribution in [0.1, 0.15) is 35.7 Å². The molecule has 1 fully saturated rings. The van der Waals surface area contributed by atoms with Gasteiger partial charge in [-0.05, 0) is 65.6 Å². The van der Waals surface area contributed by atoms with Gasteiger partial charge in [-0.15, -0.1) is 11.8 Å². The number of nitrogens with one attached hydrogen (secondary N) is 1. The molecule has 4 rings (SSSR count). The molecule has 1 N–H and O–H groups in total. The highest BCUT2D eigenvalue weighted by Gasteiger charge is 2.25. The Kier molecular flexibility index (Phi) is 6.88. The van der Waals surface area contributed by atoms with E-state index in [4.69, 9.17) is 0 Å². The molecule has 1 saturated heterocycles. The molecule has 0 bridgehead atoms. The number of likely N-dealkylation sites (tertiary alicyclic amines) is 1. The molecular weight excluding hydrogens is 440 g/mol. The first kappa shape index (κ1) is 22.8. The first-order chi connectivity index (χ1) is 15.4. The van der Waals surface area contributed by atoms with Gasteiger partial charge in [-0.3, -0.25) is 4.79 Å². The lowest BCUT2D eigenvalue weighted by Crippen LogP contribution is -2.38. The molecule has 3 aromatic carbocycles. The van der Waals surface area contributed by atoms with E-state index < -0.39 is 10.0 Å². The Balaban J connectivity index is 1.54. The quantitative estimate of drug-likeness (QED) is 0.522. The van der Waals surface area contributed by atoms with E-state index in [0.29, 0.717) is 24.6 Å². The number of carbonyl (C=O) groups is 1. The van der Waals surface area contributed by atoms with Gasteiger partial charge in [0, 0.05) is 24.5 Å². The Morgan fingerprint density at radius 1 is 1.03 bits per heavy atom. The van der Waals surface area contributed by atoms with E-state index in [2.05, 4.69) is 11.6 Å². The fourth-order valence-corrected chi connectivity index (χ4v) is 5.63. The van der Waals surface area contributed by atoms with Crippen molar-refractivity contribution in [3.8, 4) is 0 Å². The minimum atomic E-state index is -3.76. The Morgan fingerprint density at radius 3 is 2.47 bits per heavy atom. The second kappa shape index (κ2) is 9.65. The smallest absolute Gasteiger partial charge is 0.255 e. The van der Waals surface area contributed by atoms with E-state index in [1.165, 1.54) is 17.8 Å². The number of sulfonamides is 1. The number of nitrogens with zero attached hydrogens (tertiary/aromatic N) is 1. The lowest BCUT2D eigenvalue weighted by Gasteiger charge is -2.30. The van der Waals surface area contributed by atoms with Crippen molar-refractivity contribution in [3.63, 3.8) is 0 Å². The number of amides is 1. The molecule has 0 spiro atoms. The van der Waals surface area contributed by atoms with E-state index in [1.54, 1.807) is 12.1 Å². The van der Waals surface area contributed by atoms with Gasteiger partial charge >= 0.3 is 0 Å². The number of rotatable bonds is 6. The number of carbonyl (C=O) groups excluding carboxylic acids is 1. The maximum Gasteiger partial charge on any atom is 0.255 e. The molecule has 1 aliphatic heterocycles. The second-order valence-corrected chi connectivity index (χ2v) is 11.0. The van der Waals surface area contributed by atoms with Crippen LogP contribution in [0, 0.1) is 5.92 Å². The van der Waals surface area contributed by atoms with Crippen molar-refractivity contribution in [2.45, 2.75) is 36.1 Å². The monoisotopic (exact) mass is 468 g/mol. The fraction of sp³-hybridized carbons (Fsp3) is 0.320. The minimum absolute atomic E-state index is 0.0900. The largest absolute Gasteiger partial charge is 0.339 e. The topological polar surface area (TPSA) is 66.5 Å². The summed E-state index contributed by atoms with van der Waals surface area (Å²) in [7, 11) is -3.76. The maximum absolute atomic E-state index is 13.2. The third-order valence-corrected chi connectivity index (χ3v) is 8.26. The van der Waals surface area contributed by atoms with Gasteiger partial charge in [0.2, 0.25) is 10.0 Å². The Bertz CT molecular complexity index is 1230. The van der Waals surface area contributed by atoms with Crippen LogP contribution in [-0.2, 0) is 16.6 Å². The van der Waals surface area contributed by atoms with Gasteiger partial charge in [0.05, 0.1) is 10.5 Å². The van der Waals surface area contributed by atoms with E-state index >= 15 is 0 Å². The SMILES string of the molecule is CSc1ccc(S(=O)(=O)NCc2ccc3ccccc3c2)cc1C(=O)N1CCC(C)CC1. The second-order valence-electron chi connectivity index (χ2n) is 8.34. The summed E-state index contributed by atoms with van der Waals surface area (Å²) in [6, 6.07) is 18.7.